The maximum Gasteiger partial charge on any atom is 0.0796 e. The zero-order valence-electron chi connectivity index (χ0n) is 14.0. The lowest BCUT2D eigenvalue weighted by Crippen LogP contribution is -2.38. The Balaban J connectivity index is 2.44. The number of aryl methyl sites for hydroxylation is 1. The van der Waals surface area contributed by atoms with Crippen LogP contribution in [0.4, 0.5) is 0 Å². The SMILES string of the molecule is CC(C)CCc1cc([Si](C)(C)C)cnc1-c1ccccc1. The van der Waals surface area contributed by atoms with Crippen LogP contribution in [0.15, 0.2) is 42.6 Å². The maximum absolute atomic E-state index is 4.83. The third kappa shape index (κ3) is 4.27. The Morgan fingerprint density at radius 3 is 2.29 bits per heavy atom. The van der Waals surface area contributed by atoms with Gasteiger partial charge in [-0.05, 0) is 29.5 Å². The Hall–Kier alpha value is -1.41. The molecule has 0 N–H and O–H groups in total. The fourth-order valence-corrected chi connectivity index (χ4v) is 3.47. The molecular weight excluding hydrogens is 270 g/mol. The summed E-state index contributed by atoms with van der Waals surface area (Å²) in [7, 11) is -1.31. The number of benzene rings is 1. The summed E-state index contributed by atoms with van der Waals surface area (Å²) in [6.07, 6.45) is 4.44. The minimum atomic E-state index is -1.31. The van der Waals surface area contributed by atoms with Crippen molar-refractivity contribution >= 4 is 13.3 Å². The molecule has 0 radical (unpaired) electrons. The quantitative estimate of drug-likeness (QED) is 0.717. The molecule has 2 rings (SSSR count). The summed E-state index contributed by atoms with van der Waals surface area (Å²) in [4.78, 5) is 4.83. The highest BCUT2D eigenvalue weighted by Gasteiger charge is 2.19. The molecule has 2 heteroatoms. The van der Waals surface area contributed by atoms with Gasteiger partial charge in [-0.1, -0.05) is 69.9 Å². The van der Waals surface area contributed by atoms with E-state index in [0.717, 1.165) is 12.3 Å². The van der Waals surface area contributed by atoms with Crippen molar-refractivity contribution in [3.05, 3.63) is 48.2 Å². The third-order valence-corrected chi connectivity index (χ3v) is 5.88. The molecule has 0 atom stereocenters. The molecular formula is C19H27NSi. The number of hydrogen-bond donors (Lipinski definition) is 0. The van der Waals surface area contributed by atoms with Gasteiger partial charge in [0.05, 0.1) is 13.8 Å². The molecule has 0 unspecified atom stereocenters. The predicted molar refractivity (Wildman–Crippen MR) is 95.8 cm³/mol. The van der Waals surface area contributed by atoms with Gasteiger partial charge in [0.1, 0.15) is 0 Å². The Labute approximate surface area is 130 Å². The van der Waals surface area contributed by atoms with Gasteiger partial charge in [-0.25, -0.2) is 0 Å². The van der Waals surface area contributed by atoms with Crippen molar-refractivity contribution < 1.29 is 0 Å². The van der Waals surface area contributed by atoms with Crippen molar-refractivity contribution in [2.24, 2.45) is 5.92 Å². The van der Waals surface area contributed by atoms with Crippen LogP contribution in [0, 0.1) is 5.92 Å². The minimum absolute atomic E-state index is 0.726. The number of rotatable bonds is 5. The Morgan fingerprint density at radius 1 is 1.05 bits per heavy atom. The van der Waals surface area contributed by atoms with Gasteiger partial charge in [-0.15, -0.1) is 0 Å². The van der Waals surface area contributed by atoms with Crippen LogP contribution in [-0.2, 0) is 6.42 Å². The molecule has 1 nitrogen and oxygen atoms in total. The van der Waals surface area contributed by atoms with Gasteiger partial charge in [0.15, 0.2) is 0 Å². The monoisotopic (exact) mass is 297 g/mol. The van der Waals surface area contributed by atoms with Crippen LogP contribution in [0.25, 0.3) is 11.3 Å². The van der Waals surface area contributed by atoms with Crippen LogP contribution in [0.3, 0.4) is 0 Å². The normalized spacial score (nSPS) is 11.9. The van der Waals surface area contributed by atoms with Gasteiger partial charge in [-0.3, -0.25) is 4.98 Å². The van der Waals surface area contributed by atoms with Crippen molar-refractivity contribution in [3.8, 4) is 11.3 Å². The van der Waals surface area contributed by atoms with Crippen LogP contribution in [0.1, 0.15) is 25.8 Å². The lowest BCUT2D eigenvalue weighted by molar-refractivity contribution is 0.586. The average Bonchev–Trinajstić information content (AvgIpc) is 2.44. The van der Waals surface area contributed by atoms with Gasteiger partial charge in [0, 0.05) is 11.8 Å². The summed E-state index contributed by atoms with van der Waals surface area (Å²) in [5.74, 6) is 0.726. The van der Waals surface area contributed by atoms with Crippen LogP contribution in [-0.4, -0.2) is 13.1 Å². The molecule has 0 amide bonds. The van der Waals surface area contributed by atoms with Gasteiger partial charge < -0.3 is 0 Å². The molecule has 0 aliphatic rings. The van der Waals surface area contributed by atoms with Gasteiger partial charge in [-0.2, -0.15) is 0 Å². The van der Waals surface area contributed by atoms with Crippen LogP contribution in [0.5, 0.6) is 0 Å². The molecule has 2 aromatic rings. The molecule has 0 aliphatic heterocycles. The van der Waals surface area contributed by atoms with Crippen molar-refractivity contribution in [1.29, 1.82) is 0 Å². The third-order valence-electron chi connectivity index (χ3n) is 3.87. The summed E-state index contributed by atoms with van der Waals surface area (Å²) in [6, 6.07) is 13.0. The molecule has 21 heavy (non-hydrogen) atoms. The highest BCUT2D eigenvalue weighted by atomic mass is 28.3. The van der Waals surface area contributed by atoms with E-state index in [4.69, 9.17) is 4.98 Å². The molecule has 0 saturated heterocycles. The number of aromatic nitrogens is 1. The zero-order chi connectivity index (χ0) is 15.5. The van der Waals surface area contributed by atoms with E-state index in [1.54, 1.807) is 0 Å². The van der Waals surface area contributed by atoms with Gasteiger partial charge >= 0.3 is 0 Å². The lowest BCUT2D eigenvalue weighted by Gasteiger charge is -2.19. The van der Waals surface area contributed by atoms with Gasteiger partial charge in [0.2, 0.25) is 0 Å². The van der Waals surface area contributed by atoms with E-state index in [1.807, 2.05) is 0 Å². The van der Waals surface area contributed by atoms with Crippen LogP contribution in [0.2, 0.25) is 19.6 Å². The fraction of sp³-hybridized carbons (Fsp3) is 0.421. The Kier molecular flexibility index (Phi) is 4.99. The van der Waals surface area contributed by atoms with E-state index >= 15 is 0 Å². The molecule has 1 heterocycles. The van der Waals surface area contributed by atoms with Crippen molar-refractivity contribution in [1.82, 2.24) is 4.98 Å². The number of pyridine rings is 1. The summed E-state index contributed by atoms with van der Waals surface area (Å²) in [6.45, 7) is 11.7. The number of hydrogen-bond acceptors (Lipinski definition) is 1. The van der Waals surface area contributed by atoms with Crippen LogP contribution >= 0.6 is 0 Å². The Bertz CT molecular complexity index is 582. The van der Waals surface area contributed by atoms with E-state index in [9.17, 15) is 0 Å². The highest BCUT2D eigenvalue weighted by molar-refractivity contribution is 6.88. The first-order valence-electron chi connectivity index (χ1n) is 7.93. The summed E-state index contributed by atoms with van der Waals surface area (Å²) in [5, 5.41) is 1.46. The lowest BCUT2D eigenvalue weighted by atomic mass is 9.98. The predicted octanol–water partition coefficient (Wildman–Crippen LogP) is 4.88. The van der Waals surface area contributed by atoms with Gasteiger partial charge in [0.25, 0.3) is 0 Å². The molecule has 0 spiro atoms. The minimum Gasteiger partial charge on any atom is -0.256 e. The summed E-state index contributed by atoms with van der Waals surface area (Å²) >= 11 is 0. The second-order valence-electron chi connectivity index (χ2n) is 7.28. The highest BCUT2D eigenvalue weighted by Crippen LogP contribution is 2.23. The first-order chi connectivity index (χ1) is 9.88. The van der Waals surface area contributed by atoms with E-state index in [1.165, 1.54) is 28.4 Å². The fourth-order valence-electron chi connectivity index (χ4n) is 2.41. The Morgan fingerprint density at radius 2 is 1.71 bits per heavy atom. The molecule has 1 aromatic heterocycles. The smallest absolute Gasteiger partial charge is 0.0796 e. The first-order valence-corrected chi connectivity index (χ1v) is 11.4. The molecule has 0 saturated carbocycles. The zero-order valence-corrected chi connectivity index (χ0v) is 15.0. The maximum atomic E-state index is 4.83. The molecule has 0 bridgehead atoms. The molecule has 0 aliphatic carbocycles. The van der Waals surface area contributed by atoms with Crippen molar-refractivity contribution in [2.75, 3.05) is 0 Å². The number of nitrogens with zero attached hydrogens (tertiary/aromatic N) is 1. The van der Waals surface area contributed by atoms with E-state index in [0.29, 0.717) is 0 Å². The van der Waals surface area contributed by atoms with E-state index in [-0.39, 0.29) is 0 Å². The molecule has 1 aromatic carbocycles. The average molecular weight is 298 g/mol. The van der Waals surface area contributed by atoms with Crippen LogP contribution < -0.4 is 5.19 Å². The second kappa shape index (κ2) is 6.57. The topological polar surface area (TPSA) is 12.9 Å². The van der Waals surface area contributed by atoms with Crippen molar-refractivity contribution in [2.45, 2.75) is 46.3 Å². The molecule has 0 fully saturated rings. The second-order valence-corrected chi connectivity index (χ2v) is 12.4. The van der Waals surface area contributed by atoms with E-state index < -0.39 is 8.07 Å². The standard InChI is InChI=1S/C19H27NSi/c1-15(2)11-12-17-13-18(21(3,4)5)14-20-19(17)16-9-7-6-8-10-16/h6-10,13-15H,11-12H2,1-5H3. The largest absolute Gasteiger partial charge is 0.256 e. The summed E-state index contributed by atoms with van der Waals surface area (Å²) in [5.41, 5.74) is 3.81. The van der Waals surface area contributed by atoms with Crippen molar-refractivity contribution in [3.63, 3.8) is 0 Å². The first kappa shape index (κ1) is 16.0. The molecule has 112 valence electrons. The van der Waals surface area contributed by atoms with E-state index in [2.05, 4.69) is 76.1 Å². The summed E-state index contributed by atoms with van der Waals surface area (Å²) < 4.78 is 0.